The summed E-state index contributed by atoms with van der Waals surface area (Å²) in [5.74, 6) is -0.804. The molecule has 6 nitrogen and oxygen atoms in total. The summed E-state index contributed by atoms with van der Waals surface area (Å²) >= 11 is 12.1. The molecule has 34 heavy (non-hydrogen) atoms. The van der Waals surface area contributed by atoms with Crippen LogP contribution in [-0.4, -0.2) is 15.9 Å². The first-order chi connectivity index (χ1) is 16.0. The number of non-ortho nitro benzene ring substituents is 1. The minimum absolute atomic E-state index is 0.0638. The predicted octanol–water partition coefficient (Wildman–Crippen LogP) is 6.82. The van der Waals surface area contributed by atoms with Crippen LogP contribution in [0.1, 0.15) is 22.4 Å². The summed E-state index contributed by atoms with van der Waals surface area (Å²) in [6.45, 7) is 0. The number of alkyl halides is 3. The Morgan fingerprint density at radius 1 is 1.00 bits per heavy atom. The van der Waals surface area contributed by atoms with Crippen LogP contribution in [0.4, 0.5) is 18.9 Å². The average Bonchev–Trinajstić information content (AvgIpc) is 3.09. The van der Waals surface area contributed by atoms with Gasteiger partial charge in [0.15, 0.2) is 0 Å². The Kier molecular flexibility index (Phi) is 6.16. The number of nitro groups is 1. The quantitative estimate of drug-likeness (QED) is 0.220. The highest BCUT2D eigenvalue weighted by Crippen LogP contribution is 2.43. The van der Waals surface area contributed by atoms with Crippen molar-refractivity contribution < 1.29 is 27.6 Å². The van der Waals surface area contributed by atoms with Gasteiger partial charge in [0.25, 0.3) is 5.69 Å². The smallest absolute Gasteiger partial charge is 0.417 e. The average molecular weight is 507 g/mol. The summed E-state index contributed by atoms with van der Waals surface area (Å²) in [6, 6.07) is 12.5. The largest absolute Gasteiger partial charge is 0.422 e. The zero-order chi connectivity index (χ0) is 24.6. The van der Waals surface area contributed by atoms with Gasteiger partial charge in [-0.05, 0) is 47.5 Å². The third-order valence-corrected chi connectivity index (χ3v) is 5.38. The van der Waals surface area contributed by atoms with Gasteiger partial charge in [0.05, 0.1) is 26.8 Å². The van der Waals surface area contributed by atoms with Crippen molar-refractivity contribution in [3.05, 3.63) is 109 Å². The van der Waals surface area contributed by atoms with Crippen molar-refractivity contribution >= 4 is 52.1 Å². The number of halogens is 5. The molecule has 0 unspecified atom stereocenters. The molecule has 0 N–H and O–H groups in total. The molecular formula is C23H11Cl2F3N2O4. The third kappa shape index (κ3) is 4.66. The second kappa shape index (κ2) is 8.92. The van der Waals surface area contributed by atoms with Crippen LogP contribution < -0.4 is 0 Å². The van der Waals surface area contributed by atoms with E-state index in [0.717, 1.165) is 0 Å². The minimum atomic E-state index is -4.67. The molecule has 1 aliphatic rings. The molecule has 0 spiro atoms. The van der Waals surface area contributed by atoms with Gasteiger partial charge in [-0.15, -0.1) is 0 Å². The SMILES string of the molecule is O=C1O/C(=C\c2ccc([N+](=O)[O-])cc2)C(c2ccc(Cl)cc2)=C1c1ncc(C(F)(F)F)cc1Cl. The second-order valence-corrected chi connectivity index (χ2v) is 7.90. The lowest BCUT2D eigenvalue weighted by Crippen LogP contribution is -2.08. The Balaban J connectivity index is 1.90. The number of carbonyl (C=O) groups excluding carboxylic acids is 1. The van der Waals surface area contributed by atoms with E-state index in [4.69, 9.17) is 27.9 Å². The number of aromatic nitrogens is 1. The van der Waals surface area contributed by atoms with E-state index >= 15 is 0 Å². The molecule has 4 rings (SSSR count). The van der Waals surface area contributed by atoms with Crippen LogP contribution in [-0.2, 0) is 15.7 Å². The van der Waals surface area contributed by atoms with Crippen LogP contribution in [0.3, 0.4) is 0 Å². The fraction of sp³-hybridized carbons (Fsp3) is 0.0435. The number of carbonyl (C=O) groups is 1. The van der Waals surface area contributed by atoms with Gasteiger partial charge >= 0.3 is 12.1 Å². The maximum atomic E-state index is 13.0. The number of benzene rings is 2. The van der Waals surface area contributed by atoms with Gasteiger partial charge in [0.1, 0.15) is 5.76 Å². The van der Waals surface area contributed by atoms with Crippen LogP contribution >= 0.6 is 23.2 Å². The number of hydrogen-bond acceptors (Lipinski definition) is 5. The highest BCUT2D eigenvalue weighted by molar-refractivity contribution is 6.38. The number of allylic oxidation sites excluding steroid dienone is 1. The maximum absolute atomic E-state index is 13.0. The molecule has 0 fully saturated rings. The van der Waals surface area contributed by atoms with Crippen molar-refractivity contribution in [1.29, 1.82) is 0 Å². The molecule has 11 heteroatoms. The fourth-order valence-electron chi connectivity index (χ4n) is 3.27. The molecule has 0 radical (unpaired) electrons. The third-order valence-electron chi connectivity index (χ3n) is 4.84. The monoisotopic (exact) mass is 506 g/mol. The highest BCUT2D eigenvalue weighted by Gasteiger charge is 2.36. The molecule has 0 bridgehead atoms. The lowest BCUT2D eigenvalue weighted by atomic mass is 9.96. The van der Waals surface area contributed by atoms with E-state index in [2.05, 4.69) is 4.98 Å². The van der Waals surface area contributed by atoms with E-state index in [-0.39, 0.29) is 33.3 Å². The molecule has 0 aliphatic carbocycles. The fourth-order valence-corrected chi connectivity index (χ4v) is 3.65. The molecular weight excluding hydrogens is 496 g/mol. The summed E-state index contributed by atoms with van der Waals surface area (Å²) in [5, 5.41) is 10.9. The first-order valence-corrected chi connectivity index (χ1v) is 10.2. The van der Waals surface area contributed by atoms with Crippen LogP contribution in [0.25, 0.3) is 17.2 Å². The molecule has 0 atom stereocenters. The van der Waals surface area contributed by atoms with E-state index in [1.807, 2.05) is 0 Å². The van der Waals surface area contributed by atoms with Crippen molar-refractivity contribution in [3.8, 4) is 0 Å². The molecule has 0 saturated carbocycles. The number of hydrogen-bond donors (Lipinski definition) is 0. The summed E-state index contributed by atoms with van der Waals surface area (Å²) in [7, 11) is 0. The van der Waals surface area contributed by atoms with Gasteiger partial charge in [0, 0.05) is 28.9 Å². The van der Waals surface area contributed by atoms with E-state index in [1.54, 1.807) is 24.3 Å². The lowest BCUT2D eigenvalue weighted by Gasteiger charge is -2.10. The molecule has 0 amide bonds. The first kappa shape index (κ1) is 23.5. The predicted molar refractivity (Wildman–Crippen MR) is 120 cm³/mol. The minimum Gasteiger partial charge on any atom is -0.422 e. The molecule has 3 aromatic rings. The molecule has 172 valence electrons. The van der Waals surface area contributed by atoms with Gasteiger partial charge in [-0.25, -0.2) is 4.79 Å². The van der Waals surface area contributed by atoms with Crippen LogP contribution in [0.5, 0.6) is 0 Å². The highest BCUT2D eigenvalue weighted by atomic mass is 35.5. The second-order valence-electron chi connectivity index (χ2n) is 7.06. The summed E-state index contributed by atoms with van der Waals surface area (Å²) in [4.78, 5) is 27.0. The number of nitrogens with zero attached hydrogens (tertiary/aromatic N) is 2. The lowest BCUT2D eigenvalue weighted by molar-refractivity contribution is -0.384. The zero-order valence-electron chi connectivity index (χ0n) is 16.8. The maximum Gasteiger partial charge on any atom is 0.417 e. The number of esters is 1. The van der Waals surface area contributed by atoms with E-state index in [0.29, 0.717) is 28.4 Å². The Morgan fingerprint density at radius 3 is 2.21 bits per heavy atom. The number of pyridine rings is 1. The summed E-state index contributed by atoms with van der Waals surface area (Å²) in [6.07, 6.45) is -2.62. The van der Waals surface area contributed by atoms with E-state index in [1.165, 1.54) is 30.3 Å². The number of ether oxygens (including phenoxy) is 1. The Bertz CT molecular complexity index is 1370. The van der Waals surface area contributed by atoms with Crippen molar-refractivity contribution in [2.24, 2.45) is 0 Å². The van der Waals surface area contributed by atoms with E-state index < -0.39 is 22.6 Å². The van der Waals surface area contributed by atoms with Crippen LogP contribution in [0, 0.1) is 10.1 Å². The van der Waals surface area contributed by atoms with Gasteiger partial charge in [-0.1, -0.05) is 35.3 Å². The Labute approximate surface area is 200 Å². The number of rotatable bonds is 4. The van der Waals surface area contributed by atoms with Crippen LogP contribution in [0.2, 0.25) is 10.0 Å². The topological polar surface area (TPSA) is 82.3 Å². The molecule has 2 heterocycles. The summed E-state index contributed by atoms with van der Waals surface area (Å²) < 4.78 is 44.6. The van der Waals surface area contributed by atoms with Crippen molar-refractivity contribution in [3.63, 3.8) is 0 Å². The molecule has 0 saturated heterocycles. The van der Waals surface area contributed by atoms with Gasteiger partial charge in [0.2, 0.25) is 0 Å². The molecule has 2 aromatic carbocycles. The van der Waals surface area contributed by atoms with E-state index in [9.17, 15) is 28.1 Å². The Morgan fingerprint density at radius 2 is 1.65 bits per heavy atom. The molecule has 1 aliphatic heterocycles. The van der Waals surface area contributed by atoms with Gasteiger partial charge in [-0.3, -0.25) is 15.1 Å². The number of nitro benzene ring substituents is 1. The van der Waals surface area contributed by atoms with Gasteiger partial charge in [-0.2, -0.15) is 13.2 Å². The first-order valence-electron chi connectivity index (χ1n) is 9.46. The van der Waals surface area contributed by atoms with Crippen molar-refractivity contribution in [1.82, 2.24) is 4.98 Å². The zero-order valence-corrected chi connectivity index (χ0v) is 18.3. The van der Waals surface area contributed by atoms with Crippen molar-refractivity contribution in [2.45, 2.75) is 6.18 Å². The van der Waals surface area contributed by atoms with Crippen LogP contribution in [0.15, 0.2) is 66.6 Å². The normalized spacial score (nSPS) is 15.1. The van der Waals surface area contributed by atoms with Crippen molar-refractivity contribution in [2.75, 3.05) is 0 Å². The Hall–Kier alpha value is -3.69. The number of cyclic esters (lactones) is 1. The standard InChI is InChI=1S/C23H11Cl2F3N2O4/c24-15-5-3-13(4-6-15)19-18(9-12-1-7-16(8-2-12)30(32)33)34-22(31)20(19)21-17(25)10-14(11-29-21)23(26,27)28/h1-11H/b18-9-. The molecule has 1 aromatic heterocycles. The summed E-state index contributed by atoms with van der Waals surface area (Å²) in [5.41, 5.74) is -0.327. The van der Waals surface area contributed by atoms with Gasteiger partial charge < -0.3 is 4.74 Å².